The maximum atomic E-state index is 11.2. The molecule has 8 nitrogen and oxygen atoms in total. The smallest absolute Gasteiger partial charge is 0.337 e. The van der Waals surface area contributed by atoms with E-state index >= 15 is 0 Å². The van der Waals surface area contributed by atoms with Gasteiger partial charge in [-0.2, -0.15) is 4.98 Å². The maximum absolute atomic E-state index is 11.2. The standard InChI is InChI=1S/C13H12N6O2/c1-6-4-8-5-7(2-3-9(8)16-6)10-11(19(20)21)12(14)18-13(15)17-10/h2-5,16H,1H3,(H4,14,15,17,18). The van der Waals surface area contributed by atoms with Gasteiger partial charge in [-0.1, -0.05) is 6.07 Å². The number of anilines is 2. The predicted molar refractivity (Wildman–Crippen MR) is 79.5 cm³/mol. The molecule has 5 N–H and O–H groups in total. The third kappa shape index (κ3) is 2.12. The SMILES string of the molecule is Cc1cc2cc(-c3nc(N)nc(N)c3[N+](=O)[O-])ccc2[nH]1. The number of nitrogen functional groups attached to an aromatic ring is 2. The van der Waals surface area contributed by atoms with Crippen molar-refractivity contribution >= 4 is 28.4 Å². The molecule has 0 radical (unpaired) electrons. The first-order valence-electron chi connectivity index (χ1n) is 6.13. The van der Waals surface area contributed by atoms with Gasteiger partial charge in [0.05, 0.1) is 4.92 Å². The predicted octanol–water partition coefficient (Wildman–Crippen LogP) is 2.01. The Labute approximate surface area is 119 Å². The second-order valence-corrected chi connectivity index (χ2v) is 4.68. The van der Waals surface area contributed by atoms with Crippen LogP contribution in [-0.2, 0) is 0 Å². The Bertz CT molecular complexity index is 870. The van der Waals surface area contributed by atoms with Crippen LogP contribution in [0, 0.1) is 17.0 Å². The van der Waals surface area contributed by atoms with Crippen molar-refractivity contribution in [2.45, 2.75) is 6.92 Å². The average Bonchev–Trinajstić information content (AvgIpc) is 2.76. The lowest BCUT2D eigenvalue weighted by atomic mass is 10.1. The quantitative estimate of drug-likeness (QED) is 0.486. The molecule has 2 heterocycles. The minimum absolute atomic E-state index is 0.0987. The van der Waals surface area contributed by atoms with E-state index in [0.717, 1.165) is 16.6 Å². The first-order chi connectivity index (χ1) is 9.95. The Morgan fingerprint density at radius 2 is 2.00 bits per heavy atom. The number of H-pyrrole nitrogens is 1. The van der Waals surface area contributed by atoms with Crippen LogP contribution in [0.2, 0.25) is 0 Å². The van der Waals surface area contributed by atoms with E-state index < -0.39 is 4.92 Å². The molecule has 106 valence electrons. The summed E-state index contributed by atoms with van der Waals surface area (Å²) in [5.41, 5.74) is 13.4. The number of nitrogens with one attached hydrogen (secondary N) is 1. The van der Waals surface area contributed by atoms with Crippen LogP contribution >= 0.6 is 0 Å². The van der Waals surface area contributed by atoms with E-state index in [9.17, 15) is 10.1 Å². The zero-order chi connectivity index (χ0) is 15.1. The largest absolute Gasteiger partial charge is 0.378 e. The molecule has 21 heavy (non-hydrogen) atoms. The van der Waals surface area contributed by atoms with Gasteiger partial charge in [-0.05, 0) is 25.1 Å². The number of nitrogens with two attached hydrogens (primary N) is 2. The maximum Gasteiger partial charge on any atom is 0.337 e. The van der Waals surface area contributed by atoms with Crippen LogP contribution in [0.5, 0.6) is 0 Å². The second-order valence-electron chi connectivity index (χ2n) is 4.68. The highest BCUT2D eigenvalue weighted by molar-refractivity contribution is 5.88. The van der Waals surface area contributed by atoms with Crippen LogP contribution < -0.4 is 11.5 Å². The fourth-order valence-electron chi connectivity index (χ4n) is 2.30. The first kappa shape index (κ1) is 12.9. The number of hydrogen-bond acceptors (Lipinski definition) is 6. The summed E-state index contributed by atoms with van der Waals surface area (Å²) in [7, 11) is 0. The highest BCUT2D eigenvalue weighted by atomic mass is 16.6. The van der Waals surface area contributed by atoms with Crippen molar-refractivity contribution in [3.8, 4) is 11.3 Å². The Kier molecular flexibility index (Phi) is 2.72. The summed E-state index contributed by atoms with van der Waals surface area (Å²) >= 11 is 0. The molecule has 0 atom stereocenters. The molecule has 8 heteroatoms. The first-order valence-corrected chi connectivity index (χ1v) is 6.13. The Morgan fingerprint density at radius 3 is 2.71 bits per heavy atom. The molecule has 3 aromatic rings. The molecule has 0 bridgehead atoms. The summed E-state index contributed by atoms with van der Waals surface area (Å²) in [6, 6.07) is 7.30. The lowest BCUT2D eigenvalue weighted by molar-refractivity contribution is -0.383. The fraction of sp³-hybridized carbons (Fsp3) is 0.0769. The Hall–Kier alpha value is -3.16. The molecule has 0 fully saturated rings. The van der Waals surface area contributed by atoms with E-state index in [1.54, 1.807) is 12.1 Å². The van der Waals surface area contributed by atoms with Crippen LogP contribution in [0.3, 0.4) is 0 Å². The van der Waals surface area contributed by atoms with Crippen molar-refractivity contribution < 1.29 is 4.92 Å². The molecule has 0 spiro atoms. The van der Waals surface area contributed by atoms with Gasteiger partial charge in [-0.15, -0.1) is 0 Å². The van der Waals surface area contributed by atoms with Gasteiger partial charge in [0.2, 0.25) is 11.8 Å². The number of benzene rings is 1. The number of nitro groups is 1. The molecule has 0 saturated carbocycles. The van der Waals surface area contributed by atoms with Gasteiger partial charge >= 0.3 is 5.69 Å². The molecule has 0 aliphatic carbocycles. The molecular weight excluding hydrogens is 272 g/mol. The van der Waals surface area contributed by atoms with E-state index in [2.05, 4.69) is 15.0 Å². The summed E-state index contributed by atoms with van der Waals surface area (Å²) in [6.07, 6.45) is 0. The van der Waals surface area contributed by atoms with Crippen LogP contribution in [0.25, 0.3) is 22.2 Å². The van der Waals surface area contributed by atoms with Crippen molar-refractivity contribution in [2.75, 3.05) is 11.5 Å². The summed E-state index contributed by atoms with van der Waals surface area (Å²) in [5.74, 6) is -0.341. The highest BCUT2D eigenvalue weighted by Gasteiger charge is 2.23. The van der Waals surface area contributed by atoms with E-state index in [0.29, 0.717) is 5.56 Å². The molecule has 0 amide bonds. The zero-order valence-electron chi connectivity index (χ0n) is 11.1. The summed E-state index contributed by atoms with van der Waals surface area (Å²) in [5, 5.41) is 12.1. The normalized spacial score (nSPS) is 10.9. The van der Waals surface area contributed by atoms with Crippen molar-refractivity contribution in [1.29, 1.82) is 0 Å². The number of fused-ring (bicyclic) bond motifs is 1. The molecule has 0 saturated heterocycles. The van der Waals surface area contributed by atoms with Crippen LogP contribution in [0.4, 0.5) is 17.5 Å². The van der Waals surface area contributed by atoms with Gasteiger partial charge in [-0.25, -0.2) is 4.98 Å². The third-order valence-corrected chi connectivity index (χ3v) is 3.14. The zero-order valence-corrected chi connectivity index (χ0v) is 11.1. The summed E-state index contributed by atoms with van der Waals surface area (Å²) in [4.78, 5) is 21.4. The van der Waals surface area contributed by atoms with E-state index in [1.165, 1.54) is 0 Å². The molecule has 0 aliphatic rings. The van der Waals surface area contributed by atoms with E-state index in [4.69, 9.17) is 11.5 Å². The van der Waals surface area contributed by atoms with E-state index in [1.807, 2.05) is 19.1 Å². The van der Waals surface area contributed by atoms with Crippen molar-refractivity contribution in [3.05, 3.63) is 40.1 Å². The van der Waals surface area contributed by atoms with Gasteiger partial charge < -0.3 is 16.5 Å². The number of aromatic amines is 1. The molecule has 3 rings (SSSR count). The summed E-state index contributed by atoms with van der Waals surface area (Å²) < 4.78 is 0. The van der Waals surface area contributed by atoms with Crippen molar-refractivity contribution in [2.24, 2.45) is 0 Å². The molecular formula is C13H12N6O2. The lowest BCUT2D eigenvalue weighted by Gasteiger charge is -2.05. The molecule has 2 aromatic heterocycles. The minimum Gasteiger partial charge on any atom is -0.378 e. The number of aromatic nitrogens is 3. The lowest BCUT2D eigenvalue weighted by Crippen LogP contribution is -2.06. The van der Waals surface area contributed by atoms with Gasteiger partial charge in [-0.3, -0.25) is 10.1 Å². The minimum atomic E-state index is -0.601. The van der Waals surface area contributed by atoms with Gasteiger partial charge in [0.1, 0.15) is 0 Å². The van der Waals surface area contributed by atoms with Gasteiger partial charge in [0, 0.05) is 22.2 Å². The molecule has 0 aliphatic heterocycles. The number of hydrogen-bond donors (Lipinski definition) is 3. The van der Waals surface area contributed by atoms with Gasteiger partial charge in [0.25, 0.3) is 0 Å². The second kappa shape index (κ2) is 4.44. The average molecular weight is 284 g/mol. The summed E-state index contributed by atoms with van der Waals surface area (Å²) in [6.45, 7) is 1.93. The fourth-order valence-corrected chi connectivity index (χ4v) is 2.30. The van der Waals surface area contributed by atoms with Gasteiger partial charge in [0.15, 0.2) is 5.69 Å². The van der Waals surface area contributed by atoms with Crippen molar-refractivity contribution in [3.63, 3.8) is 0 Å². The Balaban J connectivity index is 2.28. The third-order valence-electron chi connectivity index (χ3n) is 3.14. The van der Waals surface area contributed by atoms with E-state index in [-0.39, 0.29) is 23.1 Å². The number of aryl methyl sites for hydroxylation is 1. The molecule has 1 aromatic carbocycles. The van der Waals surface area contributed by atoms with Crippen LogP contribution in [-0.4, -0.2) is 19.9 Å². The number of rotatable bonds is 2. The molecule has 0 unspecified atom stereocenters. The van der Waals surface area contributed by atoms with Crippen LogP contribution in [0.15, 0.2) is 24.3 Å². The highest BCUT2D eigenvalue weighted by Crippen LogP contribution is 2.34. The number of nitrogens with zero attached hydrogens (tertiary/aromatic N) is 3. The van der Waals surface area contributed by atoms with Crippen LogP contribution in [0.1, 0.15) is 5.69 Å². The topological polar surface area (TPSA) is 137 Å². The Morgan fingerprint density at radius 1 is 1.24 bits per heavy atom. The monoisotopic (exact) mass is 284 g/mol. The van der Waals surface area contributed by atoms with Crippen molar-refractivity contribution in [1.82, 2.24) is 15.0 Å².